The first-order chi connectivity index (χ1) is 27.6. The van der Waals surface area contributed by atoms with Gasteiger partial charge < -0.3 is 0 Å². The van der Waals surface area contributed by atoms with Crippen LogP contribution in [0.25, 0.3) is 77.9 Å². The summed E-state index contributed by atoms with van der Waals surface area (Å²) in [5.41, 5.74) is 17.3. The van der Waals surface area contributed by atoms with Gasteiger partial charge in [0.05, 0.1) is 11.4 Å². The Bertz CT molecular complexity index is 2760. The molecule has 0 heterocycles. The molecule has 8 aromatic rings. The van der Waals surface area contributed by atoms with Crippen LogP contribution in [0.3, 0.4) is 0 Å². The van der Waals surface area contributed by atoms with Crippen molar-refractivity contribution in [3.8, 4) is 66.8 Å². The Kier molecular flexibility index (Phi) is 9.29. The molecular formula is C54H38N2. The first kappa shape index (κ1) is 34.4. The molecule has 1 aliphatic carbocycles. The lowest BCUT2D eigenvalue weighted by Crippen LogP contribution is -2.16. The van der Waals surface area contributed by atoms with Crippen LogP contribution in [0, 0.1) is 10.8 Å². The average Bonchev–Trinajstić information content (AvgIpc) is 3.28. The lowest BCUT2D eigenvalue weighted by molar-refractivity contribution is 1.47. The summed E-state index contributed by atoms with van der Waals surface area (Å²) in [5, 5.41) is 18.6. The molecule has 0 aromatic heterocycles. The first-order valence-corrected chi connectivity index (χ1v) is 18.9. The smallest absolute Gasteiger partial charge is 0.0868 e. The number of allylic oxidation sites excluding steroid dienone is 4. The zero-order chi connectivity index (χ0) is 37.8. The van der Waals surface area contributed by atoms with Gasteiger partial charge in [-0.25, -0.2) is 0 Å². The molecule has 0 unspecified atom stereocenters. The average molecular weight is 715 g/mol. The van der Waals surface area contributed by atoms with E-state index in [0.29, 0.717) is 0 Å². The predicted molar refractivity (Wildman–Crippen MR) is 237 cm³/mol. The summed E-state index contributed by atoms with van der Waals surface area (Å²) in [7, 11) is 0. The molecule has 0 atom stereocenters. The first-order valence-electron chi connectivity index (χ1n) is 18.9. The van der Waals surface area contributed by atoms with Crippen LogP contribution < -0.4 is 0 Å². The summed E-state index contributed by atoms with van der Waals surface area (Å²) in [5.74, 6) is 0. The van der Waals surface area contributed by atoms with Gasteiger partial charge in [0, 0.05) is 5.57 Å². The summed E-state index contributed by atoms with van der Waals surface area (Å²) in [6.45, 7) is 0. The van der Waals surface area contributed by atoms with Crippen molar-refractivity contribution in [3.05, 3.63) is 230 Å². The molecule has 2 nitrogen and oxygen atoms in total. The molecule has 2 heteroatoms. The highest BCUT2D eigenvalue weighted by atomic mass is 14.5. The standard InChI is InChI=1S/C54H38N2/c55-53-36-47(50-33-45(29-31-48(50)43-17-9-3-10-18-43)41-25-21-39(22-26-41)37-13-5-1-6-14-37)35-52(54(53)56)51-34-46(30-32-49(51)44-19-11-4-12-20-44)42-27-23-40(24-28-42)38-15-7-2-8-16-38/h1-36,55-56H. The van der Waals surface area contributed by atoms with E-state index in [9.17, 15) is 10.8 Å². The maximum atomic E-state index is 9.35. The maximum Gasteiger partial charge on any atom is 0.0868 e. The highest BCUT2D eigenvalue weighted by Crippen LogP contribution is 2.40. The molecule has 264 valence electrons. The molecule has 2 N–H and O–H groups in total. The second-order valence-electron chi connectivity index (χ2n) is 14.1. The molecule has 0 saturated heterocycles. The van der Waals surface area contributed by atoms with Gasteiger partial charge in [-0.05, 0) is 108 Å². The van der Waals surface area contributed by atoms with Crippen molar-refractivity contribution in [2.75, 3.05) is 0 Å². The van der Waals surface area contributed by atoms with E-state index < -0.39 is 0 Å². The monoisotopic (exact) mass is 714 g/mol. The quantitative estimate of drug-likeness (QED) is 0.147. The highest BCUT2D eigenvalue weighted by Gasteiger charge is 2.23. The maximum absolute atomic E-state index is 9.35. The van der Waals surface area contributed by atoms with E-state index in [4.69, 9.17) is 0 Å². The van der Waals surface area contributed by atoms with E-state index in [1.807, 2.05) is 42.5 Å². The van der Waals surface area contributed by atoms with Crippen molar-refractivity contribution in [2.24, 2.45) is 0 Å². The van der Waals surface area contributed by atoms with Gasteiger partial charge in [-0.15, -0.1) is 0 Å². The fourth-order valence-corrected chi connectivity index (χ4v) is 7.63. The lowest BCUT2D eigenvalue weighted by atomic mass is 9.82. The molecule has 0 bridgehead atoms. The number of rotatable bonds is 8. The van der Waals surface area contributed by atoms with Crippen molar-refractivity contribution in [3.63, 3.8) is 0 Å². The molecule has 0 radical (unpaired) electrons. The van der Waals surface area contributed by atoms with Crippen LogP contribution in [-0.4, -0.2) is 11.4 Å². The molecule has 0 saturated carbocycles. The van der Waals surface area contributed by atoms with Crippen LogP contribution in [-0.2, 0) is 0 Å². The van der Waals surface area contributed by atoms with Crippen LogP contribution in [0.1, 0.15) is 11.1 Å². The van der Waals surface area contributed by atoms with Crippen molar-refractivity contribution in [2.45, 2.75) is 0 Å². The summed E-state index contributed by atoms with van der Waals surface area (Å²) >= 11 is 0. The number of hydrogen-bond donors (Lipinski definition) is 2. The predicted octanol–water partition coefficient (Wildman–Crippen LogP) is 14.2. The Labute approximate surface area is 328 Å². The van der Waals surface area contributed by atoms with E-state index in [0.717, 1.165) is 66.8 Å². The summed E-state index contributed by atoms with van der Waals surface area (Å²) in [4.78, 5) is 0. The third-order valence-corrected chi connectivity index (χ3v) is 10.6. The number of hydrogen-bond acceptors (Lipinski definition) is 2. The second-order valence-corrected chi connectivity index (χ2v) is 14.1. The van der Waals surface area contributed by atoms with Gasteiger partial charge >= 0.3 is 0 Å². The van der Waals surface area contributed by atoms with Crippen molar-refractivity contribution >= 4 is 22.6 Å². The zero-order valence-electron chi connectivity index (χ0n) is 30.8. The molecule has 0 fully saturated rings. The topological polar surface area (TPSA) is 47.7 Å². The number of benzene rings is 8. The van der Waals surface area contributed by atoms with Crippen LogP contribution in [0.5, 0.6) is 0 Å². The van der Waals surface area contributed by atoms with E-state index in [1.165, 1.54) is 22.3 Å². The summed E-state index contributed by atoms with van der Waals surface area (Å²) < 4.78 is 0. The Morgan fingerprint density at radius 1 is 0.250 bits per heavy atom. The van der Waals surface area contributed by atoms with E-state index in [2.05, 4.69) is 176 Å². The SMILES string of the molecule is N=C1C=C(c2cc(-c3ccc(-c4ccccc4)cc3)ccc2-c2ccccc2)C=C(c2cc(-c3ccc(-c4ccccc4)cc3)ccc2-c2ccccc2)C1=N. The fraction of sp³-hybridized carbons (Fsp3) is 0. The minimum atomic E-state index is 0.186. The molecule has 56 heavy (non-hydrogen) atoms. The van der Waals surface area contributed by atoms with Gasteiger partial charge in [0.25, 0.3) is 0 Å². The van der Waals surface area contributed by atoms with E-state index >= 15 is 0 Å². The van der Waals surface area contributed by atoms with Gasteiger partial charge in [0.2, 0.25) is 0 Å². The molecule has 0 spiro atoms. The Morgan fingerprint density at radius 3 is 1.00 bits per heavy atom. The van der Waals surface area contributed by atoms with Crippen LogP contribution in [0.4, 0.5) is 0 Å². The minimum Gasteiger partial charge on any atom is -0.299 e. The van der Waals surface area contributed by atoms with Gasteiger partial charge in [-0.2, -0.15) is 0 Å². The molecule has 1 aliphatic rings. The molecule has 8 aromatic carbocycles. The Morgan fingerprint density at radius 2 is 0.571 bits per heavy atom. The van der Waals surface area contributed by atoms with Crippen LogP contribution >= 0.6 is 0 Å². The van der Waals surface area contributed by atoms with Crippen LogP contribution in [0.15, 0.2) is 218 Å². The number of nitrogens with one attached hydrogen (secondary N) is 2. The summed E-state index contributed by atoms with van der Waals surface area (Å²) in [6.07, 6.45) is 3.97. The van der Waals surface area contributed by atoms with Crippen molar-refractivity contribution < 1.29 is 0 Å². The van der Waals surface area contributed by atoms with Gasteiger partial charge in [0.15, 0.2) is 0 Å². The van der Waals surface area contributed by atoms with Crippen LogP contribution in [0.2, 0.25) is 0 Å². The third kappa shape index (κ3) is 6.88. The molecular weight excluding hydrogens is 677 g/mol. The highest BCUT2D eigenvalue weighted by molar-refractivity contribution is 6.61. The molecule has 0 aliphatic heterocycles. The normalized spacial score (nSPS) is 12.6. The largest absolute Gasteiger partial charge is 0.299 e. The molecule has 9 rings (SSSR count). The van der Waals surface area contributed by atoms with E-state index in [1.54, 1.807) is 0 Å². The molecule has 0 amide bonds. The van der Waals surface area contributed by atoms with Crippen molar-refractivity contribution in [1.29, 1.82) is 10.8 Å². The van der Waals surface area contributed by atoms with E-state index in [-0.39, 0.29) is 11.4 Å². The van der Waals surface area contributed by atoms with Crippen molar-refractivity contribution in [1.82, 2.24) is 0 Å². The lowest BCUT2D eigenvalue weighted by Gasteiger charge is -2.22. The fourth-order valence-electron chi connectivity index (χ4n) is 7.63. The Hall–Kier alpha value is -7.42. The van der Waals surface area contributed by atoms with Gasteiger partial charge in [-0.3, -0.25) is 10.8 Å². The summed E-state index contributed by atoms with van der Waals surface area (Å²) in [6, 6.07) is 72.2. The minimum absolute atomic E-state index is 0.186. The zero-order valence-corrected chi connectivity index (χ0v) is 30.8. The second kappa shape index (κ2) is 15.1. The van der Waals surface area contributed by atoms with Gasteiger partial charge in [-0.1, -0.05) is 194 Å². The Balaban J connectivity index is 1.17. The third-order valence-electron chi connectivity index (χ3n) is 10.6. The van der Waals surface area contributed by atoms with Gasteiger partial charge in [0.1, 0.15) is 0 Å².